The molecule has 0 aliphatic carbocycles. The second-order valence-corrected chi connectivity index (χ2v) is 6.02. The van der Waals surface area contributed by atoms with Gasteiger partial charge in [-0.2, -0.15) is 0 Å². The fourth-order valence-corrected chi connectivity index (χ4v) is 3.12. The van der Waals surface area contributed by atoms with E-state index in [1.165, 1.54) is 14.2 Å². The Morgan fingerprint density at radius 2 is 2.14 bits per heavy atom. The molecule has 2 N–H and O–H groups in total. The Morgan fingerprint density at radius 3 is 2.64 bits per heavy atom. The predicted octanol–water partition coefficient (Wildman–Crippen LogP) is 1.95. The number of amides is 1. The van der Waals surface area contributed by atoms with Crippen molar-refractivity contribution in [1.82, 2.24) is 4.90 Å². The molecule has 0 bridgehead atoms. The fraction of sp³-hybridized carbons (Fsp3) is 0.562. The lowest BCUT2D eigenvalue weighted by Crippen LogP contribution is -2.38. The van der Waals surface area contributed by atoms with Gasteiger partial charge in [0.1, 0.15) is 0 Å². The van der Waals surface area contributed by atoms with Crippen LogP contribution < -0.4 is 4.74 Å². The number of hydrogen-bond donors (Lipinski definition) is 2. The van der Waals surface area contributed by atoms with Gasteiger partial charge in [-0.3, -0.25) is 0 Å². The number of rotatable bonds is 3. The molecule has 0 aromatic heterocycles. The number of aromatic hydroxyl groups is 1. The van der Waals surface area contributed by atoms with Crippen molar-refractivity contribution in [3.05, 3.63) is 23.8 Å². The number of aliphatic hydroxyl groups is 1. The Hall–Kier alpha value is -1.95. The molecule has 0 radical (unpaired) electrons. The molecule has 1 heterocycles. The van der Waals surface area contributed by atoms with Crippen LogP contribution in [0.1, 0.15) is 25.3 Å². The maximum Gasteiger partial charge on any atom is 0.409 e. The molecule has 6 heteroatoms. The van der Waals surface area contributed by atoms with Crippen molar-refractivity contribution >= 4 is 6.09 Å². The van der Waals surface area contributed by atoms with Crippen molar-refractivity contribution in [2.75, 3.05) is 27.3 Å². The number of nitrogens with zero attached hydrogens (tertiary/aromatic N) is 1. The maximum atomic E-state index is 11.8. The molecule has 1 aliphatic rings. The number of hydrogen-bond acceptors (Lipinski definition) is 5. The van der Waals surface area contributed by atoms with Crippen molar-refractivity contribution < 1.29 is 24.5 Å². The second kappa shape index (κ2) is 6.04. The van der Waals surface area contributed by atoms with Crippen LogP contribution in [0.3, 0.4) is 0 Å². The largest absolute Gasteiger partial charge is 0.504 e. The molecule has 1 amide bonds. The van der Waals surface area contributed by atoms with Gasteiger partial charge >= 0.3 is 6.09 Å². The maximum absolute atomic E-state index is 11.8. The molecule has 3 atom stereocenters. The van der Waals surface area contributed by atoms with Crippen LogP contribution in [0, 0.1) is 5.41 Å². The lowest BCUT2D eigenvalue weighted by Gasteiger charge is -2.33. The topological polar surface area (TPSA) is 79.2 Å². The molecule has 122 valence electrons. The first-order valence-electron chi connectivity index (χ1n) is 7.21. The van der Waals surface area contributed by atoms with Crippen LogP contribution in [0.4, 0.5) is 4.79 Å². The third-order valence-corrected chi connectivity index (χ3v) is 4.72. The van der Waals surface area contributed by atoms with E-state index in [2.05, 4.69) is 0 Å². The molecule has 1 unspecified atom stereocenters. The van der Waals surface area contributed by atoms with Crippen molar-refractivity contribution in [1.29, 1.82) is 0 Å². The highest BCUT2D eigenvalue weighted by molar-refractivity contribution is 5.68. The molecule has 2 rings (SSSR count). The molecule has 0 spiro atoms. The van der Waals surface area contributed by atoms with Gasteiger partial charge in [0.2, 0.25) is 0 Å². The van der Waals surface area contributed by atoms with E-state index in [0.717, 1.165) is 5.56 Å². The minimum atomic E-state index is -0.614. The first-order valence-corrected chi connectivity index (χ1v) is 7.21. The highest BCUT2D eigenvalue weighted by Gasteiger charge is 2.48. The number of ether oxygens (including phenoxy) is 2. The number of likely N-dealkylation sites (tertiary alicyclic amines) is 1. The van der Waals surface area contributed by atoms with Crippen LogP contribution in [0.5, 0.6) is 11.5 Å². The number of carbonyl (C=O) groups excluding carboxylic acids is 1. The van der Waals surface area contributed by atoms with E-state index in [1.54, 1.807) is 24.0 Å². The summed E-state index contributed by atoms with van der Waals surface area (Å²) >= 11 is 0. The number of phenolic OH excluding ortho intramolecular Hbond substituents is 1. The summed E-state index contributed by atoms with van der Waals surface area (Å²) in [5.74, 6) is 0.332. The number of carbonyl (C=O) groups is 1. The Kier molecular flexibility index (Phi) is 4.51. The van der Waals surface area contributed by atoms with Gasteiger partial charge in [-0.05, 0) is 24.6 Å². The Balaban J connectivity index is 2.38. The van der Waals surface area contributed by atoms with Crippen molar-refractivity contribution in [3.63, 3.8) is 0 Å². The monoisotopic (exact) mass is 309 g/mol. The van der Waals surface area contributed by atoms with E-state index >= 15 is 0 Å². The molecule has 1 fully saturated rings. The van der Waals surface area contributed by atoms with Gasteiger partial charge < -0.3 is 24.6 Å². The van der Waals surface area contributed by atoms with Crippen LogP contribution in [0.2, 0.25) is 0 Å². The summed E-state index contributed by atoms with van der Waals surface area (Å²) < 4.78 is 9.84. The Bertz CT molecular complexity index is 559. The molecule has 6 nitrogen and oxygen atoms in total. The number of phenols is 1. The second-order valence-electron chi connectivity index (χ2n) is 6.02. The third-order valence-electron chi connectivity index (χ3n) is 4.72. The van der Waals surface area contributed by atoms with E-state index in [-0.39, 0.29) is 11.7 Å². The van der Waals surface area contributed by atoms with Gasteiger partial charge in [0, 0.05) is 24.4 Å². The minimum Gasteiger partial charge on any atom is -0.504 e. The predicted molar refractivity (Wildman–Crippen MR) is 81.2 cm³/mol. The highest BCUT2D eigenvalue weighted by Crippen LogP contribution is 2.46. The lowest BCUT2D eigenvalue weighted by atomic mass is 9.72. The number of aliphatic hydroxyl groups excluding tert-OH is 1. The summed E-state index contributed by atoms with van der Waals surface area (Å²) in [6.07, 6.45) is -1.02. The summed E-state index contributed by atoms with van der Waals surface area (Å²) in [5.41, 5.74) is 0.336. The van der Waals surface area contributed by atoms with Gasteiger partial charge in [-0.25, -0.2) is 4.79 Å². The van der Waals surface area contributed by atoms with Crippen molar-refractivity contribution in [2.24, 2.45) is 5.41 Å². The van der Waals surface area contributed by atoms with Crippen LogP contribution >= 0.6 is 0 Å². The molecule has 0 saturated carbocycles. The quantitative estimate of drug-likeness (QED) is 0.892. The first kappa shape index (κ1) is 16.4. The molecule has 1 saturated heterocycles. The van der Waals surface area contributed by atoms with Gasteiger partial charge in [-0.1, -0.05) is 13.0 Å². The average Bonchev–Trinajstić information content (AvgIpc) is 2.85. The molecule has 1 aromatic rings. The number of methoxy groups -OCH3 is 2. The fourth-order valence-electron chi connectivity index (χ4n) is 3.12. The zero-order valence-electron chi connectivity index (χ0n) is 13.4. The van der Waals surface area contributed by atoms with Gasteiger partial charge in [-0.15, -0.1) is 0 Å². The van der Waals surface area contributed by atoms with E-state index in [0.29, 0.717) is 18.8 Å². The average molecular weight is 309 g/mol. The van der Waals surface area contributed by atoms with Crippen molar-refractivity contribution in [2.45, 2.75) is 25.9 Å². The van der Waals surface area contributed by atoms with Gasteiger partial charge in [0.25, 0.3) is 0 Å². The smallest absolute Gasteiger partial charge is 0.409 e. The van der Waals surface area contributed by atoms with E-state index in [9.17, 15) is 15.0 Å². The van der Waals surface area contributed by atoms with Crippen LogP contribution in [0.15, 0.2) is 18.2 Å². The van der Waals surface area contributed by atoms with Crippen LogP contribution in [-0.4, -0.2) is 54.6 Å². The third kappa shape index (κ3) is 2.70. The van der Waals surface area contributed by atoms with Gasteiger partial charge in [0.15, 0.2) is 11.5 Å². The van der Waals surface area contributed by atoms with Crippen molar-refractivity contribution in [3.8, 4) is 11.5 Å². The van der Waals surface area contributed by atoms with E-state index in [1.807, 2.05) is 13.0 Å². The summed E-state index contributed by atoms with van der Waals surface area (Å²) in [6.45, 7) is 4.48. The number of benzene rings is 1. The molecular formula is C16H23NO5. The zero-order valence-corrected chi connectivity index (χ0v) is 13.4. The van der Waals surface area contributed by atoms with Crippen LogP contribution in [0.25, 0.3) is 0 Å². The minimum absolute atomic E-state index is 0.0458. The normalized spacial score (nSPS) is 25.9. The van der Waals surface area contributed by atoms with E-state index in [4.69, 9.17) is 9.47 Å². The standard InChI is InChI=1S/C16H23NO5/c1-10(18)16(2)9-17(15(20)22-4)8-12(16)11-5-6-14(21-3)13(19)7-11/h5-7,10,12,18-19H,8-9H2,1-4H3/t10?,12-,16-/m0/s1. The summed E-state index contributed by atoms with van der Waals surface area (Å²) in [6, 6.07) is 5.17. The summed E-state index contributed by atoms with van der Waals surface area (Å²) in [4.78, 5) is 13.4. The zero-order chi connectivity index (χ0) is 16.5. The molecular weight excluding hydrogens is 286 g/mol. The summed E-state index contributed by atoms with van der Waals surface area (Å²) in [7, 11) is 2.83. The lowest BCUT2D eigenvalue weighted by molar-refractivity contribution is 0.0470. The molecule has 1 aromatic carbocycles. The Morgan fingerprint density at radius 1 is 1.45 bits per heavy atom. The molecule has 1 aliphatic heterocycles. The Labute approximate surface area is 130 Å². The highest BCUT2D eigenvalue weighted by atomic mass is 16.5. The summed E-state index contributed by atoms with van der Waals surface area (Å²) in [5, 5.41) is 20.2. The first-order chi connectivity index (χ1) is 10.3. The SMILES string of the molecule is COC(=O)N1C[C@@H](c2ccc(OC)c(O)c2)[C@](C)(C(C)O)C1. The molecule has 22 heavy (non-hydrogen) atoms. The van der Waals surface area contributed by atoms with Gasteiger partial charge in [0.05, 0.1) is 20.3 Å². The van der Waals surface area contributed by atoms with Crippen LogP contribution in [-0.2, 0) is 4.74 Å². The van der Waals surface area contributed by atoms with E-state index < -0.39 is 17.6 Å².